The van der Waals surface area contributed by atoms with Crippen molar-refractivity contribution in [3.63, 3.8) is 0 Å². The molecule has 0 spiro atoms. The Morgan fingerprint density at radius 2 is 1.57 bits per heavy atom. The van der Waals surface area contributed by atoms with Crippen LogP contribution in [0.5, 0.6) is 11.5 Å². The third-order valence-corrected chi connectivity index (χ3v) is 4.12. The third-order valence-electron chi connectivity index (χ3n) is 4.12. The van der Waals surface area contributed by atoms with E-state index in [-0.39, 0.29) is 11.7 Å². The van der Waals surface area contributed by atoms with Gasteiger partial charge in [-0.1, -0.05) is 0 Å². The number of carbonyl (C=O) groups is 1. The molecule has 1 saturated heterocycles. The Balaban J connectivity index is 1.61. The zero-order valence-corrected chi connectivity index (χ0v) is 13.1. The summed E-state index contributed by atoms with van der Waals surface area (Å²) >= 11 is 0. The molecule has 2 aromatic carbocycles. The Labute approximate surface area is 135 Å². The van der Waals surface area contributed by atoms with Gasteiger partial charge in [0.25, 0.3) is 5.91 Å². The Hall–Kier alpha value is -2.69. The summed E-state index contributed by atoms with van der Waals surface area (Å²) in [5.74, 6) is 1.07. The molecule has 0 radical (unpaired) electrons. The number of benzene rings is 2. The summed E-state index contributed by atoms with van der Waals surface area (Å²) in [5.41, 5.74) is 1.75. The van der Waals surface area contributed by atoms with Gasteiger partial charge in [0.1, 0.15) is 11.5 Å². The lowest BCUT2D eigenvalue weighted by Crippen LogP contribution is -2.48. The van der Waals surface area contributed by atoms with E-state index in [9.17, 15) is 9.90 Å². The van der Waals surface area contributed by atoms with E-state index in [0.29, 0.717) is 18.7 Å². The highest BCUT2D eigenvalue weighted by Gasteiger charge is 2.22. The highest BCUT2D eigenvalue weighted by Crippen LogP contribution is 2.20. The highest BCUT2D eigenvalue weighted by atomic mass is 16.5. The molecule has 5 heteroatoms. The predicted octanol–water partition coefficient (Wildman–Crippen LogP) is 2.36. The first-order chi connectivity index (χ1) is 11.2. The van der Waals surface area contributed by atoms with Gasteiger partial charge in [0.2, 0.25) is 0 Å². The summed E-state index contributed by atoms with van der Waals surface area (Å²) in [4.78, 5) is 16.6. The second-order valence-electron chi connectivity index (χ2n) is 5.52. The zero-order valence-electron chi connectivity index (χ0n) is 13.1. The number of phenolic OH excluding ortho intramolecular Hbond substituents is 1. The van der Waals surface area contributed by atoms with E-state index in [1.54, 1.807) is 43.5 Å². The normalized spacial score (nSPS) is 14.7. The van der Waals surface area contributed by atoms with Crippen LogP contribution in [-0.4, -0.2) is 49.2 Å². The topological polar surface area (TPSA) is 53.0 Å². The van der Waals surface area contributed by atoms with E-state index in [1.807, 2.05) is 17.0 Å². The Kier molecular flexibility index (Phi) is 4.37. The molecular formula is C18H20N2O3. The first kappa shape index (κ1) is 15.2. The number of hydrogen-bond donors (Lipinski definition) is 1. The number of piperazine rings is 1. The summed E-state index contributed by atoms with van der Waals surface area (Å²) in [5, 5.41) is 9.35. The first-order valence-electron chi connectivity index (χ1n) is 7.64. The van der Waals surface area contributed by atoms with Crippen LogP contribution in [0.4, 0.5) is 5.69 Å². The molecule has 1 fully saturated rings. The highest BCUT2D eigenvalue weighted by molar-refractivity contribution is 5.94. The first-order valence-corrected chi connectivity index (χ1v) is 7.64. The molecule has 5 nitrogen and oxygen atoms in total. The largest absolute Gasteiger partial charge is 0.508 e. The van der Waals surface area contributed by atoms with Crippen molar-refractivity contribution in [2.45, 2.75) is 0 Å². The molecule has 1 aliphatic heterocycles. The lowest BCUT2D eigenvalue weighted by molar-refractivity contribution is 0.0747. The van der Waals surface area contributed by atoms with Crippen LogP contribution >= 0.6 is 0 Å². The van der Waals surface area contributed by atoms with Gasteiger partial charge in [-0.05, 0) is 48.5 Å². The lowest BCUT2D eigenvalue weighted by Gasteiger charge is -2.36. The fraction of sp³-hybridized carbons (Fsp3) is 0.278. The minimum atomic E-state index is 0.0537. The number of carbonyl (C=O) groups excluding carboxylic acids is 1. The van der Waals surface area contributed by atoms with Gasteiger partial charge in [-0.3, -0.25) is 4.79 Å². The fourth-order valence-corrected chi connectivity index (χ4v) is 2.75. The molecule has 1 amide bonds. The van der Waals surface area contributed by atoms with E-state index in [2.05, 4.69) is 4.90 Å². The van der Waals surface area contributed by atoms with Crippen LogP contribution < -0.4 is 9.64 Å². The average molecular weight is 312 g/mol. The molecule has 0 atom stereocenters. The second-order valence-corrected chi connectivity index (χ2v) is 5.52. The Morgan fingerprint density at radius 3 is 2.13 bits per heavy atom. The minimum absolute atomic E-state index is 0.0537. The predicted molar refractivity (Wildman–Crippen MR) is 89.2 cm³/mol. The van der Waals surface area contributed by atoms with Crippen LogP contribution in [0.15, 0.2) is 48.5 Å². The van der Waals surface area contributed by atoms with Gasteiger partial charge in [-0.2, -0.15) is 0 Å². The molecule has 0 unspecified atom stereocenters. The van der Waals surface area contributed by atoms with Crippen molar-refractivity contribution in [3.8, 4) is 11.5 Å². The molecule has 0 aliphatic carbocycles. The average Bonchev–Trinajstić information content (AvgIpc) is 2.62. The summed E-state index contributed by atoms with van der Waals surface area (Å²) in [7, 11) is 1.61. The number of hydrogen-bond acceptors (Lipinski definition) is 4. The number of nitrogens with zero attached hydrogens (tertiary/aromatic N) is 2. The van der Waals surface area contributed by atoms with Gasteiger partial charge in [-0.15, -0.1) is 0 Å². The van der Waals surface area contributed by atoms with Crippen molar-refractivity contribution in [3.05, 3.63) is 54.1 Å². The van der Waals surface area contributed by atoms with E-state index in [4.69, 9.17) is 4.74 Å². The second kappa shape index (κ2) is 6.60. The van der Waals surface area contributed by atoms with E-state index >= 15 is 0 Å². The number of methoxy groups -OCH3 is 1. The van der Waals surface area contributed by atoms with E-state index in [1.165, 1.54) is 0 Å². The quantitative estimate of drug-likeness (QED) is 0.945. The summed E-state index contributed by atoms with van der Waals surface area (Å²) in [6.07, 6.45) is 0. The molecule has 23 heavy (non-hydrogen) atoms. The maximum absolute atomic E-state index is 12.5. The van der Waals surface area contributed by atoms with Gasteiger partial charge < -0.3 is 19.6 Å². The Bertz CT molecular complexity index is 660. The van der Waals surface area contributed by atoms with Gasteiger partial charge >= 0.3 is 0 Å². The summed E-state index contributed by atoms with van der Waals surface area (Å²) < 4.78 is 5.12. The van der Waals surface area contributed by atoms with Crippen LogP contribution in [0.25, 0.3) is 0 Å². The van der Waals surface area contributed by atoms with Crippen LogP contribution in [0.1, 0.15) is 10.4 Å². The molecule has 2 aromatic rings. The van der Waals surface area contributed by atoms with Gasteiger partial charge in [-0.25, -0.2) is 0 Å². The number of anilines is 1. The van der Waals surface area contributed by atoms with Crippen molar-refractivity contribution >= 4 is 11.6 Å². The zero-order chi connectivity index (χ0) is 16.2. The Morgan fingerprint density at radius 1 is 0.957 bits per heavy atom. The van der Waals surface area contributed by atoms with Crippen molar-refractivity contribution < 1.29 is 14.6 Å². The number of rotatable bonds is 3. The fourth-order valence-electron chi connectivity index (χ4n) is 2.75. The van der Waals surface area contributed by atoms with Crippen LogP contribution in [0, 0.1) is 0 Å². The SMILES string of the molecule is COc1ccc(C(=O)N2CCN(c3ccc(O)cc3)CC2)cc1. The molecule has 120 valence electrons. The maximum Gasteiger partial charge on any atom is 0.253 e. The smallest absolute Gasteiger partial charge is 0.253 e. The van der Waals surface area contributed by atoms with Crippen LogP contribution in [0.3, 0.4) is 0 Å². The van der Waals surface area contributed by atoms with Crippen molar-refractivity contribution in [1.82, 2.24) is 4.90 Å². The van der Waals surface area contributed by atoms with Crippen molar-refractivity contribution in [2.24, 2.45) is 0 Å². The molecule has 1 aliphatic rings. The molecule has 0 bridgehead atoms. The molecule has 1 N–H and O–H groups in total. The number of phenols is 1. The summed E-state index contributed by atoms with van der Waals surface area (Å²) in [6.45, 7) is 2.94. The molecular weight excluding hydrogens is 292 g/mol. The number of amides is 1. The van der Waals surface area contributed by atoms with Gasteiger partial charge in [0.15, 0.2) is 0 Å². The van der Waals surface area contributed by atoms with Crippen LogP contribution in [0.2, 0.25) is 0 Å². The minimum Gasteiger partial charge on any atom is -0.508 e. The standard InChI is InChI=1S/C18H20N2O3/c1-23-17-8-2-14(3-9-17)18(22)20-12-10-19(11-13-20)15-4-6-16(21)7-5-15/h2-9,21H,10-13H2,1H3. The molecule has 3 rings (SSSR count). The number of aromatic hydroxyl groups is 1. The van der Waals surface area contributed by atoms with E-state index in [0.717, 1.165) is 24.5 Å². The number of ether oxygens (including phenoxy) is 1. The molecule has 0 saturated carbocycles. The van der Waals surface area contributed by atoms with Crippen molar-refractivity contribution in [2.75, 3.05) is 38.2 Å². The molecule has 1 heterocycles. The monoisotopic (exact) mass is 312 g/mol. The lowest BCUT2D eigenvalue weighted by atomic mass is 10.1. The van der Waals surface area contributed by atoms with Crippen molar-refractivity contribution in [1.29, 1.82) is 0 Å². The van der Waals surface area contributed by atoms with Crippen LogP contribution in [-0.2, 0) is 0 Å². The maximum atomic E-state index is 12.5. The van der Waals surface area contributed by atoms with Gasteiger partial charge in [0, 0.05) is 37.4 Å². The molecule has 0 aromatic heterocycles. The summed E-state index contributed by atoms with van der Waals surface area (Å²) in [6, 6.07) is 14.4. The van der Waals surface area contributed by atoms with E-state index < -0.39 is 0 Å². The third kappa shape index (κ3) is 3.39. The van der Waals surface area contributed by atoms with Gasteiger partial charge in [0.05, 0.1) is 7.11 Å².